The number of hydrogen-bond donors (Lipinski definition) is 0. The second-order valence-electron chi connectivity index (χ2n) is 8.54. The predicted octanol–water partition coefficient (Wildman–Crippen LogP) is 3.43. The van der Waals surface area contributed by atoms with Crippen LogP contribution in [0.15, 0.2) is 48.5 Å². The summed E-state index contributed by atoms with van der Waals surface area (Å²) in [6.07, 6.45) is 0. The lowest BCUT2D eigenvalue weighted by atomic mass is 10.1. The average molecular weight is 406 g/mol. The number of nitrogens with zero attached hydrogens (tertiary/aromatic N) is 5. The maximum atomic E-state index is 14.7. The van der Waals surface area contributed by atoms with Crippen molar-refractivity contribution in [2.24, 2.45) is 0 Å². The Hall–Kier alpha value is -2.70. The average Bonchev–Trinajstić information content (AvgIpc) is 3.24. The summed E-state index contributed by atoms with van der Waals surface area (Å²) in [5.41, 5.74) is 6.21. The van der Waals surface area contributed by atoms with Crippen LogP contribution in [0.3, 0.4) is 0 Å². The quantitative estimate of drug-likeness (QED) is 0.665. The van der Waals surface area contributed by atoms with Crippen LogP contribution in [0, 0.1) is 5.82 Å². The van der Waals surface area contributed by atoms with Crippen molar-refractivity contribution in [1.29, 1.82) is 0 Å². The molecule has 1 fully saturated rings. The molecule has 5 nitrogen and oxygen atoms in total. The molecule has 0 spiro atoms. The zero-order valence-electron chi connectivity index (χ0n) is 17.7. The van der Waals surface area contributed by atoms with Gasteiger partial charge in [0.15, 0.2) is 0 Å². The summed E-state index contributed by atoms with van der Waals surface area (Å²) in [4.78, 5) is 7.03. The number of aromatic nitrogens is 2. The molecule has 0 N–H and O–H groups in total. The molecule has 1 saturated heterocycles. The number of halogens is 1. The maximum absolute atomic E-state index is 14.7. The summed E-state index contributed by atoms with van der Waals surface area (Å²) >= 11 is 0. The highest BCUT2D eigenvalue weighted by atomic mass is 19.1. The third-order valence-electron chi connectivity index (χ3n) is 6.22. The first kappa shape index (κ1) is 19.3. The zero-order chi connectivity index (χ0) is 20.7. The van der Waals surface area contributed by atoms with Crippen LogP contribution in [0.1, 0.15) is 16.8 Å². The molecule has 1 aromatic heterocycles. The van der Waals surface area contributed by atoms with Gasteiger partial charge in [0, 0.05) is 56.1 Å². The van der Waals surface area contributed by atoms with Crippen molar-refractivity contribution >= 4 is 5.69 Å². The van der Waals surface area contributed by atoms with E-state index in [2.05, 4.69) is 53.1 Å². The first-order chi connectivity index (χ1) is 14.6. The largest absolute Gasteiger partial charge is 0.369 e. The number of fused-ring (bicyclic) bond motifs is 1. The van der Waals surface area contributed by atoms with Gasteiger partial charge in [-0.25, -0.2) is 4.39 Å². The van der Waals surface area contributed by atoms with Gasteiger partial charge >= 0.3 is 0 Å². The van der Waals surface area contributed by atoms with E-state index in [0.29, 0.717) is 12.1 Å². The van der Waals surface area contributed by atoms with E-state index in [1.807, 2.05) is 16.8 Å². The minimum absolute atomic E-state index is 0.192. The van der Waals surface area contributed by atoms with Crippen LogP contribution < -0.4 is 4.90 Å². The van der Waals surface area contributed by atoms with E-state index in [0.717, 1.165) is 56.2 Å². The fraction of sp³-hybridized carbons (Fsp3) is 0.375. The molecule has 2 aliphatic rings. The Labute approximate surface area is 177 Å². The number of likely N-dealkylation sites (N-methyl/N-ethyl adjacent to an activating group) is 1. The number of anilines is 1. The number of rotatable bonds is 4. The van der Waals surface area contributed by atoms with Gasteiger partial charge in [-0.3, -0.25) is 9.58 Å². The van der Waals surface area contributed by atoms with Gasteiger partial charge in [-0.05, 0) is 43.9 Å². The van der Waals surface area contributed by atoms with Crippen molar-refractivity contribution in [3.63, 3.8) is 0 Å². The van der Waals surface area contributed by atoms with E-state index < -0.39 is 0 Å². The van der Waals surface area contributed by atoms with Crippen molar-refractivity contribution in [3.05, 3.63) is 71.2 Å². The minimum atomic E-state index is -0.192. The second kappa shape index (κ2) is 7.85. The van der Waals surface area contributed by atoms with E-state index in [1.165, 1.54) is 17.3 Å². The number of piperazine rings is 1. The van der Waals surface area contributed by atoms with Crippen molar-refractivity contribution < 1.29 is 4.39 Å². The molecule has 0 atom stereocenters. The van der Waals surface area contributed by atoms with Crippen LogP contribution in [-0.2, 0) is 19.6 Å². The summed E-state index contributed by atoms with van der Waals surface area (Å²) in [5.74, 6) is -0.192. The number of benzene rings is 2. The standard InChI is InChI=1S/C24H28FN5/c1-27-10-12-29(13-11-27)19-7-5-6-18(14-19)15-30-24(20-8-3-4-9-22(20)25)21-16-28(2)17-23(21)26-30/h3-9,14H,10-13,15-17H2,1-2H3. The summed E-state index contributed by atoms with van der Waals surface area (Å²) in [5, 5.41) is 4.89. The molecule has 3 heterocycles. The highest BCUT2D eigenvalue weighted by Crippen LogP contribution is 2.34. The number of hydrogen-bond acceptors (Lipinski definition) is 4. The molecule has 0 amide bonds. The van der Waals surface area contributed by atoms with Crippen LogP contribution in [0.5, 0.6) is 0 Å². The van der Waals surface area contributed by atoms with E-state index in [4.69, 9.17) is 5.10 Å². The molecule has 0 saturated carbocycles. The van der Waals surface area contributed by atoms with Crippen molar-refractivity contribution in [2.75, 3.05) is 45.2 Å². The van der Waals surface area contributed by atoms with Gasteiger partial charge in [-0.15, -0.1) is 0 Å². The molecule has 2 aliphatic heterocycles. The highest BCUT2D eigenvalue weighted by Gasteiger charge is 2.27. The Kier molecular flexibility index (Phi) is 5.05. The molecule has 2 aromatic carbocycles. The molecule has 0 aliphatic carbocycles. The first-order valence-corrected chi connectivity index (χ1v) is 10.6. The maximum Gasteiger partial charge on any atom is 0.132 e. The third-order valence-corrected chi connectivity index (χ3v) is 6.22. The molecule has 5 rings (SSSR count). The lowest BCUT2D eigenvalue weighted by Crippen LogP contribution is -2.44. The molecule has 156 valence electrons. The predicted molar refractivity (Wildman–Crippen MR) is 118 cm³/mol. The Morgan fingerprint density at radius 3 is 2.50 bits per heavy atom. The van der Waals surface area contributed by atoms with Gasteiger partial charge in [0.1, 0.15) is 5.82 Å². The van der Waals surface area contributed by atoms with Crippen molar-refractivity contribution in [1.82, 2.24) is 19.6 Å². The molecule has 30 heavy (non-hydrogen) atoms. The summed E-state index contributed by atoms with van der Waals surface area (Å²) < 4.78 is 16.7. The van der Waals surface area contributed by atoms with Gasteiger partial charge in [-0.2, -0.15) is 5.10 Å². The van der Waals surface area contributed by atoms with Crippen molar-refractivity contribution in [2.45, 2.75) is 19.6 Å². The summed E-state index contributed by atoms with van der Waals surface area (Å²) in [7, 11) is 4.25. The lowest BCUT2D eigenvalue weighted by Gasteiger charge is -2.34. The van der Waals surface area contributed by atoms with E-state index in [-0.39, 0.29) is 5.82 Å². The van der Waals surface area contributed by atoms with Crippen LogP contribution in [0.2, 0.25) is 0 Å². The molecule has 0 unspecified atom stereocenters. The normalized spacial score (nSPS) is 17.5. The third kappa shape index (κ3) is 3.61. The monoisotopic (exact) mass is 405 g/mol. The second-order valence-corrected chi connectivity index (χ2v) is 8.54. The highest BCUT2D eigenvalue weighted by molar-refractivity contribution is 5.66. The minimum Gasteiger partial charge on any atom is -0.369 e. The van der Waals surface area contributed by atoms with Crippen LogP contribution >= 0.6 is 0 Å². The van der Waals surface area contributed by atoms with E-state index in [1.54, 1.807) is 6.07 Å². The SMILES string of the molecule is CN1CCN(c2cccc(Cn3nc4c(c3-c3ccccc3F)CN(C)C4)c2)CC1. The van der Waals surface area contributed by atoms with Gasteiger partial charge in [0.2, 0.25) is 0 Å². The Balaban J connectivity index is 1.48. The van der Waals surface area contributed by atoms with Crippen LogP contribution in [0.4, 0.5) is 10.1 Å². The summed E-state index contributed by atoms with van der Waals surface area (Å²) in [6.45, 7) is 6.52. The zero-order valence-corrected chi connectivity index (χ0v) is 17.7. The molecule has 3 aromatic rings. The fourth-order valence-corrected chi connectivity index (χ4v) is 4.58. The fourth-order valence-electron chi connectivity index (χ4n) is 4.58. The molecule has 0 radical (unpaired) electrons. The lowest BCUT2D eigenvalue weighted by molar-refractivity contribution is 0.313. The van der Waals surface area contributed by atoms with Crippen molar-refractivity contribution in [3.8, 4) is 11.3 Å². The van der Waals surface area contributed by atoms with Gasteiger partial charge in [0.05, 0.1) is 17.9 Å². The van der Waals surface area contributed by atoms with Crippen LogP contribution in [-0.4, -0.2) is 59.9 Å². The molecular weight excluding hydrogens is 377 g/mol. The van der Waals surface area contributed by atoms with Gasteiger partial charge in [-0.1, -0.05) is 24.3 Å². The first-order valence-electron chi connectivity index (χ1n) is 10.6. The Morgan fingerprint density at radius 2 is 1.70 bits per heavy atom. The van der Waals surface area contributed by atoms with Gasteiger partial charge in [0.25, 0.3) is 0 Å². The van der Waals surface area contributed by atoms with E-state index >= 15 is 0 Å². The topological polar surface area (TPSA) is 27.5 Å². The van der Waals surface area contributed by atoms with Gasteiger partial charge < -0.3 is 9.80 Å². The van der Waals surface area contributed by atoms with Crippen LogP contribution in [0.25, 0.3) is 11.3 Å². The Morgan fingerprint density at radius 1 is 0.900 bits per heavy atom. The van der Waals surface area contributed by atoms with E-state index in [9.17, 15) is 4.39 Å². The molecule has 0 bridgehead atoms. The summed E-state index contributed by atoms with van der Waals surface area (Å²) in [6, 6.07) is 15.7. The molecule has 6 heteroatoms. The smallest absolute Gasteiger partial charge is 0.132 e. The molecular formula is C24H28FN5. The Bertz CT molecular complexity index is 1050.